The van der Waals surface area contributed by atoms with Crippen molar-refractivity contribution in [1.82, 2.24) is 0 Å². The summed E-state index contributed by atoms with van der Waals surface area (Å²) < 4.78 is 18.4. The van der Waals surface area contributed by atoms with E-state index in [1.54, 1.807) is 12.1 Å². The molecule has 19 heavy (non-hydrogen) atoms. The van der Waals surface area contributed by atoms with Gasteiger partial charge in [-0.15, -0.1) is 0 Å². The zero-order valence-corrected chi connectivity index (χ0v) is 9.80. The topological polar surface area (TPSA) is 88.5 Å². The van der Waals surface area contributed by atoms with Gasteiger partial charge in [-0.25, -0.2) is 4.39 Å². The highest BCUT2D eigenvalue weighted by atomic mass is 19.1. The molecule has 100 valence electrons. The van der Waals surface area contributed by atoms with Crippen LogP contribution in [-0.2, 0) is 13.2 Å². The fourth-order valence-corrected chi connectivity index (χ4v) is 1.57. The number of nitrogens with one attached hydrogen (secondary N) is 1. The van der Waals surface area contributed by atoms with Crippen LogP contribution < -0.4 is 5.32 Å². The van der Waals surface area contributed by atoms with E-state index < -0.39 is 10.7 Å². The number of non-ortho nitro benzene ring substituents is 1. The van der Waals surface area contributed by atoms with Crippen LogP contribution in [0.1, 0.15) is 11.5 Å². The Hall–Kier alpha value is -2.41. The summed E-state index contributed by atoms with van der Waals surface area (Å²) in [5.74, 6) is 0.269. The van der Waals surface area contributed by atoms with Crippen LogP contribution in [0.3, 0.4) is 0 Å². The van der Waals surface area contributed by atoms with Crippen LogP contribution in [0.15, 0.2) is 34.7 Å². The number of benzene rings is 1. The predicted molar refractivity (Wildman–Crippen MR) is 65.0 cm³/mol. The molecule has 0 unspecified atom stereocenters. The minimum Gasteiger partial charge on any atom is -0.462 e. The molecule has 2 rings (SSSR count). The number of aliphatic hydroxyl groups is 1. The molecule has 2 N–H and O–H groups in total. The highest BCUT2D eigenvalue weighted by Crippen LogP contribution is 2.20. The van der Waals surface area contributed by atoms with Gasteiger partial charge < -0.3 is 14.8 Å². The molecule has 6 nitrogen and oxygen atoms in total. The average molecular weight is 266 g/mol. The van der Waals surface area contributed by atoms with Gasteiger partial charge in [0, 0.05) is 11.8 Å². The summed E-state index contributed by atoms with van der Waals surface area (Å²) in [6.07, 6.45) is 0. The van der Waals surface area contributed by atoms with Gasteiger partial charge in [0.15, 0.2) is 0 Å². The van der Waals surface area contributed by atoms with Crippen molar-refractivity contribution in [3.63, 3.8) is 0 Å². The maximum absolute atomic E-state index is 13.2. The van der Waals surface area contributed by atoms with E-state index >= 15 is 0 Å². The van der Waals surface area contributed by atoms with Crippen molar-refractivity contribution in [2.45, 2.75) is 13.2 Å². The Kier molecular flexibility index (Phi) is 3.76. The lowest BCUT2D eigenvalue weighted by Gasteiger charge is -2.04. The second-order valence-corrected chi connectivity index (χ2v) is 3.83. The van der Waals surface area contributed by atoms with Crippen LogP contribution in [0.25, 0.3) is 0 Å². The molecule has 2 aromatic rings. The first-order valence-electron chi connectivity index (χ1n) is 5.46. The van der Waals surface area contributed by atoms with Crippen molar-refractivity contribution in [3.8, 4) is 0 Å². The number of aliphatic hydroxyl groups excluding tert-OH is 1. The largest absolute Gasteiger partial charge is 0.462 e. The molecular formula is C12H11FN2O4. The zero-order chi connectivity index (χ0) is 13.8. The Balaban J connectivity index is 2.08. The molecule has 1 aromatic heterocycles. The van der Waals surface area contributed by atoms with Crippen LogP contribution in [0.4, 0.5) is 15.8 Å². The smallest absolute Gasteiger partial charge is 0.274 e. The molecule has 0 aliphatic carbocycles. The Labute approximate surface area is 107 Å². The quantitative estimate of drug-likeness (QED) is 0.641. The van der Waals surface area contributed by atoms with Gasteiger partial charge in [0.1, 0.15) is 23.9 Å². The Morgan fingerprint density at radius 3 is 2.68 bits per heavy atom. The van der Waals surface area contributed by atoms with Crippen molar-refractivity contribution >= 4 is 11.4 Å². The summed E-state index contributed by atoms with van der Waals surface area (Å²) in [6, 6.07) is 6.51. The summed E-state index contributed by atoms with van der Waals surface area (Å²) in [5.41, 5.74) is -0.0355. The number of anilines is 1. The van der Waals surface area contributed by atoms with Gasteiger partial charge in [0.05, 0.1) is 17.5 Å². The monoisotopic (exact) mass is 266 g/mol. The van der Waals surface area contributed by atoms with E-state index in [0.29, 0.717) is 11.5 Å². The van der Waals surface area contributed by atoms with Gasteiger partial charge >= 0.3 is 0 Å². The number of nitrogens with zero attached hydrogens (tertiary/aromatic N) is 1. The third-order valence-electron chi connectivity index (χ3n) is 2.43. The maximum atomic E-state index is 13.2. The molecule has 0 radical (unpaired) electrons. The highest BCUT2D eigenvalue weighted by molar-refractivity contribution is 5.51. The van der Waals surface area contributed by atoms with Crippen molar-refractivity contribution in [2.75, 3.05) is 5.32 Å². The van der Waals surface area contributed by atoms with Crippen LogP contribution in [0, 0.1) is 15.9 Å². The van der Waals surface area contributed by atoms with Gasteiger partial charge in [-0.05, 0) is 18.2 Å². The van der Waals surface area contributed by atoms with Gasteiger partial charge in [-0.3, -0.25) is 10.1 Å². The van der Waals surface area contributed by atoms with Crippen LogP contribution in [-0.4, -0.2) is 10.0 Å². The van der Waals surface area contributed by atoms with Crippen LogP contribution >= 0.6 is 0 Å². The lowest BCUT2D eigenvalue weighted by atomic mass is 10.2. The van der Waals surface area contributed by atoms with Crippen molar-refractivity contribution in [2.24, 2.45) is 0 Å². The summed E-state index contributed by atoms with van der Waals surface area (Å²) in [4.78, 5) is 9.92. The zero-order valence-electron chi connectivity index (χ0n) is 9.80. The van der Waals surface area contributed by atoms with Crippen LogP contribution in [0.2, 0.25) is 0 Å². The molecule has 1 aromatic carbocycles. The molecule has 1 heterocycles. The molecular weight excluding hydrogens is 255 g/mol. The molecule has 0 atom stereocenters. The predicted octanol–water partition coefficient (Wildman–Crippen LogP) is 2.43. The summed E-state index contributed by atoms with van der Waals surface area (Å²) in [5, 5.41) is 22.2. The van der Waals surface area contributed by atoms with E-state index in [-0.39, 0.29) is 24.5 Å². The first-order valence-corrected chi connectivity index (χ1v) is 5.46. The molecule has 0 fully saturated rings. The Morgan fingerprint density at radius 1 is 1.32 bits per heavy atom. The number of nitro benzene ring substituents is 1. The number of hydrogen-bond acceptors (Lipinski definition) is 5. The van der Waals surface area contributed by atoms with Gasteiger partial charge in [-0.2, -0.15) is 0 Å². The molecule has 0 aliphatic heterocycles. The maximum Gasteiger partial charge on any atom is 0.274 e. The molecule has 0 amide bonds. The number of furan rings is 1. The second-order valence-electron chi connectivity index (χ2n) is 3.83. The fourth-order valence-electron chi connectivity index (χ4n) is 1.57. The molecule has 0 saturated heterocycles. The third-order valence-corrected chi connectivity index (χ3v) is 2.43. The fraction of sp³-hybridized carbons (Fsp3) is 0.167. The van der Waals surface area contributed by atoms with Crippen molar-refractivity contribution in [3.05, 3.63) is 57.8 Å². The Morgan fingerprint density at radius 2 is 2.05 bits per heavy atom. The van der Waals surface area contributed by atoms with E-state index in [0.717, 1.165) is 12.1 Å². The summed E-state index contributed by atoms with van der Waals surface area (Å²) >= 11 is 0. The number of halogens is 1. The summed E-state index contributed by atoms with van der Waals surface area (Å²) in [7, 11) is 0. The van der Waals surface area contributed by atoms with Crippen LogP contribution in [0.5, 0.6) is 0 Å². The normalized spacial score (nSPS) is 10.4. The second kappa shape index (κ2) is 5.49. The lowest BCUT2D eigenvalue weighted by molar-refractivity contribution is -0.385. The van der Waals surface area contributed by atoms with Gasteiger partial charge in [-0.1, -0.05) is 0 Å². The van der Waals surface area contributed by atoms with E-state index in [1.807, 2.05) is 0 Å². The van der Waals surface area contributed by atoms with Gasteiger partial charge in [0.25, 0.3) is 5.69 Å². The standard InChI is InChI=1S/C12H11FN2O4/c13-8-3-9(5-10(4-8)15(17)18)14-6-11-1-2-12(7-16)19-11/h1-5,14,16H,6-7H2. The number of rotatable bonds is 5. The molecule has 0 saturated carbocycles. The molecule has 7 heteroatoms. The minimum atomic E-state index is -0.688. The van der Waals surface area contributed by atoms with E-state index in [2.05, 4.69) is 5.32 Å². The molecule has 0 aliphatic rings. The molecule has 0 spiro atoms. The first-order chi connectivity index (χ1) is 9.08. The average Bonchev–Trinajstić information content (AvgIpc) is 2.83. The highest BCUT2D eigenvalue weighted by Gasteiger charge is 2.10. The van der Waals surface area contributed by atoms with E-state index in [1.165, 1.54) is 6.07 Å². The SMILES string of the molecule is O=[N+]([O-])c1cc(F)cc(NCc2ccc(CO)o2)c1. The minimum absolute atomic E-state index is 0.203. The van der Waals surface area contributed by atoms with E-state index in [9.17, 15) is 14.5 Å². The first kappa shape index (κ1) is 13.0. The van der Waals surface area contributed by atoms with Crippen molar-refractivity contribution < 1.29 is 18.8 Å². The third kappa shape index (κ3) is 3.29. The number of hydrogen-bond donors (Lipinski definition) is 2. The van der Waals surface area contributed by atoms with Crippen molar-refractivity contribution in [1.29, 1.82) is 0 Å². The molecule has 0 bridgehead atoms. The van der Waals surface area contributed by atoms with E-state index in [4.69, 9.17) is 9.52 Å². The lowest BCUT2D eigenvalue weighted by Crippen LogP contribution is -2.00. The number of nitro groups is 1. The summed E-state index contributed by atoms with van der Waals surface area (Å²) in [6.45, 7) is 0.0338. The Bertz CT molecular complexity index is 597. The van der Waals surface area contributed by atoms with Gasteiger partial charge in [0.2, 0.25) is 0 Å².